The van der Waals surface area contributed by atoms with Gasteiger partial charge in [0.15, 0.2) is 11.5 Å². The summed E-state index contributed by atoms with van der Waals surface area (Å²) in [4.78, 5) is 21.9. The van der Waals surface area contributed by atoms with E-state index in [9.17, 15) is 13.2 Å². The third-order valence-electron chi connectivity index (χ3n) is 5.65. The van der Waals surface area contributed by atoms with E-state index in [1.165, 1.54) is 26.4 Å². The van der Waals surface area contributed by atoms with Crippen molar-refractivity contribution < 1.29 is 22.7 Å². The molecule has 0 aliphatic carbocycles. The summed E-state index contributed by atoms with van der Waals surface area (Å²) in [5.74, 6) is -0.126. The van der Waals surface area contributed by atoms with Gasteiger partial charge in [-0.1, -0.05) is 29.3 Å². The summed E-state index contributed by atoms with van der Waals surface area (Å²) in [6, 6.07) is 14.5. The number of fused-ring (bicyclic) bond motifs is 1. The van der Waals surface area contributed by atoms with Gasteiger partial charge >= 0.3 is 0 Å². The van der Waals surface area contributed by atoms with Crippen LogP contribution in [-0.2, 0) is 26.6 Å². The number of ether oxygens (including phenoxy) is 2. The molecule has 0 radical (unpaired) electrons. The Bertz CT molecular complexity index is 1790. The molecule has 0 aliphatic rings. The lowest BCUT2D eigenvalue weighted by Gasteiger charge is -2.15. The molecule has 1 amide bonds. The predicted molar refractivity (Wildman–Crippen MR) is 164 cm³/mol. The summed E-state index contributed by atoms with van der Waals surface area (Å²) in [5, 5.41) is 20.7. The molecule has 11 nitrogen and oxygen atoms in total. The minimum absolute atomic E-state index is 0.148. The Kier molecular flexibility index (Phi) is 10.1. The fraction of sp³-hybridized carbons (Fsp3) is 0.111. The summed E-state index contributed by atoms with van der Waals surface area (Å²) in [7, 11) is -0.791. The van der Waals surface area contributed by atoms with Crippen molar-refractivity contribution in [2.45, 2.75) is 10.1 Å². The number of benzene rings is 3. The molecule has 2 unspecified atom stereocenters. The quantitative estimate of drug-likeness (QED) is 0.159. The molecule has 4 aromatic rings. The molecule has 15 heteroatoms. The Labute approximate surface area is 255 Å². The monoisotopic (exact) mass is 644 g/mol. The number of methoxy groups -OCH3 is 2. The number of hydrogen-bond donors (Lipinski definition) is 3. The second kappa shape index (κ2) is 13.7. The minimum atomic E-state index is -2.00. The number of carbonyl (C=O) groups is 1. The summed E-state index contributed by atoms with van der Waals surface area (Å²) < 4.78 is 35.7. The second-order valence-electron chi connectivity index (χ2n) is 8.39. The molecule has 0 spiro atoms. The molecule has 2 atom stereocenters. The van der Waals surface area contributed by atoms with Crippen molar-refractivity contribution in [1.29, 1.82) is 5.26 Å². The third kappa shape index (κ3) is 7.22. The van der Waals surface area contributed by atoms with E-state index in [0.29, 0.717) is 44.2 Å². The largest absolute Gasteiger partial charge is 0.493 e. The molecule has 216 valence electrons. The minimum Gasteiger partial charge on any atom is -0.493 e. The zero-order chi connectivity index (χ0) is 30.4. The van der Waals surface area contributed by atoms with Gasteiger partial charge in [0.05, 0.1) is 46.4 Å². The number of allylic oxidation sites excluding steroid dienone is 1. The number of hydrogen-bond acceptors (Lipinski definition) is 9. The summed E-state index contributed by atoms with van der Waals surface area (Å²) >= 11 is 13.0. The predicted octanol–water partition coefficient (Wildman–Crippen LogP) is 4.96. The maximum absolute atomic E-state index is 13.3. The smallest absolute Gasteiger partial charge is 0.237 e. The van der Waals surface area contributed by atoms with Crippen molar-refractivity contribution in [2.75, 3.05) is 30.6 Å². The first kappa shape index (κ1) is 30.9. The summed E-state index contributed by atoms with van der Waals surface area (Å²) in [5.41, 5.74) is 1.58. The van der Waals surface area contributed by atoms with Crippen LogP contribution in [0.15, 0.2) is 64.7 Å². The maximum atomic E-state index is 13.3. The van der Waals surface area contributed by atoms with Gasteiger partial charge in [0.25, 0.3) is 0 Å². The number of amides is 1. The van der Waals surface area contributed by atoms with Crippen molar-refractivity contribution in [3.8, 4) is 17.6 Å². The molecule has 0 fully saturated rings. The molecule has 0 saturated carbocycles. The first-order chi connectivity index (χ1) is 20.1. The third-order valence-corrected chi connectivity index (χ3v) is 8.08. The van der Waals surface area contributed by atoms with Crippen LogP contribution in [0.25, 0.3) is 17.0 Å². The number of nitriles is 1. The standard InChI is InChI=1S/C27H22Cl2N6O5S2/c1-39-22-12-18-21(13-23(22)40-2)33-27(41(37)14-24(36)32-16-6-3-7-17(11-16)42(31)38)35-26(18)34-25-19(28)9-15(5-4-8-30)10-20(25)29/h3-7,9-13H,14,31H2,1-2H3,(H,32,36)(H,33,34,35)/b5-4+. The van der Waals surface area contributed by atoms with Crippen LogP contribution < -0.4 is 25.2 Å². The maximum Gasteiger partial charge on any atom is 0.237 e. The molecule has 1 heterocycles. The van der Waals surface area contributed by atoms with Gasteiger partial charge < -0.3 is 20.1 Å². The van der Waals surface area contributed by atoms with Gasteiger partial charge in [0.2, 0.25) is 11.1 Å². The van der Waals surface area contributed by atoms with Crippen molar-refractivity contribution in [3.63, 3.8) is 0 Å². The molecule has 0 aliphatic heterocycles. The summed E-state index contributed by atoms with van der Waals surface area (Å²) in [6.07, 6.45) is 2.84. The Morgan fingerprint density at radius 3 is 2.40 bits per heavy atom. The average molecular weight is 646 g/mol. The molecule has 4 rings (SSSR count). The van der Waals surface area contributed by atoms with Crippen molar-refractivity contribution in [3.05, 3.63) is 70.2 Å². The second-order valence-corrected chi connectivity index (χ2v) is 11.6. The number of nitrogens with two attached hydrogens (primary N) is 1. The Morgan fingerprint density at radius 1 is 1.07 bits per heavy atom. The van der Waals surface area contributed by atoms with E-state index in [1.807, 2.05) is 6.07 Å². The van der Waals surface area contributed by atoms with Crippen LogP contribution in [-0.4, -0.2) is 44.3 Å². The first-order valence-electron chi connectivity index (χ1n) is 11.8. The van der Waals surface area contributed by atoms with Crippen LogP contribution in [0.5, 0.6) is 11.5 Å². The van der Waals surface area contributed by atoms with E-state index in [-0.39, 0.29) is 21.0 Å². The van der Waals surface area contributed by atoms with Crippen LogP contribution in [0.3, 0.4) is 0 Å². The van der Waals surface area contributed by atoms with E-state index in [2.05, 4.69) is 20.6 Å². The number of rotatable bonds is 10. The van der Waals surface area contributed by atoms with E-state index >= 15 is 0 Å². The highest BCUT2D eigenvalue weighted by atomic mass is 35.5. The van der Waals surface area contributed by atoms with Crippen LogP contribution in [0, 0.1) is 11.3 Å². The van der Waals surface area contributed by atoms with Gasteiger partial charge in [-0.15, -0.1) is 0 Å². The number of anilines is 3. The van der Waals surface area contributed by atoms with Crippen molar-refractivity contribution in [1.82, 2.24) is 9.97 Å². The van der Waals surface area contributed by atoms with Gasteiger partial charge in [0.1, 0.15) is 33.4 Å². The number of nitrogens with one attached hydrogen (secondary N) is 2. The topological polar surface area (TPSA) is 169 Å². The highest BCUT2D eigenvalue weighted by Crippen LogP contribution is 2.39. The lowest BCUT2D eigenvalue weighted by molar-refractivity contribution is -0.113. The normalized spacial score (nSPS) is 12.5. The summed E-state index contributed by atoms with van der Waals surface area (Å²) in [6.45, 7) is 0. The van der Waals surface area contributed by atoms with Crippen molar-refractivity contribution in [2.24, 2.45) is 5.14 Å². The fourth-order valence-electron chi connectivity index (χ4n) is 3.77. The number of carbonyl (C=O) groups excluding carboxylic acids is 1. The highest BCUT2D eigenvalue weighted by Gasteiger charge is 2.20. The SMILES string of the molecule is COc1cc2nc(S(=O)CC(=O)Nc3cccc(S(N)=O)c3)nc(Nc3c(Cl)cc(/C=C/C#N)cc3Cl)c2cc1OC. The Balaban J connectivity index is 1.72. The molecule has 1 aromatic heterocycles. The number of aromatic nitrogens is 2. The zero-order valence-electron chi connectivity index (χ0n) is 22.0. The Morgan fingerprint density at radius 2 is 1.76 bits per heavy atom. The lowest BCUT2D eigenvalue weighted by atomic mass is 10.1. The van der Waals surface area contributed by atoms with Crippen LogP contribution in [0.4, 0.5) is 17.2 Å². The van der Waals surface area contributed by atoms with E-state index in [1.54, 1.807) is 48.5 Å². The van der Waals surface area contributed by atoms with E-state index in [0.717, 1.165) is 0 Å². The molecular formula is C27H22Cl2N6O5S2. The number of nitrogens with zero attached hydrogens (tertiary/aromatic N) is 3. The van der Waals surface area contributed by atoms with Gasteiger partial charge in [0, 0.05) is 23.2 Å². The van der Waals surface area contributed by atoms with Crippen LogP contribution in [0.2, 0.25) is 10.0 Å². The van der Waals surface area contributed by atoms with E-state index in [4.69, 9.17) is 43.1 Å². The fourth-order valence-corrected chi connectivity index (χ4v) is 5.66. The van der Waals surface area contributed by atoms with Crippen LogP contribution in [0.1, 0.15) is 5.56 Å². The van der Waals surface area contributed by atoms with Gasteiger partial charge in [-0.3, -0.25) is 9.00 Å². The molecule has 4 N–H and O–H groups in total. The number of halogens is 2. The van der Waals surface area contributed by atoms with Crippen molar-refractivity contribution >= 4 is 85.1 Å². The average Bonchev–Trinajstić information content (AvgIpc) is 2.96. The first-order valence-corrected chi connectivity index (χ1v) is 15.1. The van der Waals surface area contributed by atoms with E-state index < -0.39 is 33.4 Å². The van der Waals surface area contributed by atoms with Crippen LogP contribution >= 0.6 is 23.2 Å². The zero-order valence-corrected chi connectivity index (χ0v) is 25.2. The lowest BCUT2D eigenvalue weighted by Crippen LogP contribution is -2.21. The molecule has 0 bridgehead atoms. The Hall–Kier alpha value is -4.06. The molecule has 0 saturated heterocycles. The molecular weight excluding hydrogens is 623 g/mol. The van der Waals surface area contributed by atoms with Gasteiger partial charge in [-0.05, 0) is 48.0 Å². The van der Waals surface area contributed by atoms with Gasteiger partial charge in [-0.25, -0.2) is 19.3 Å². The highest BCUT2D eigenvalue weighted by molar-refractivity contribution is 7.85. The molecule has 3 aromatic carbocycles. The van der Waals surface area contributed by atoms with Gasteiger partial charge in [-0.2, -0.15) is 5.26 Å². The molecule has 42 heavy (non-hydrogen) atoms.